The first-order chi connectivity index (χ1) is 14.0. The van der Waals surface area contributed by atoms with Gasteiger partial charge in [-0.25, -0.2) is 15.0 Å². The van der Waals surface area contributed by atoms with Crippen molar-refractivity contribution < 1.29 is 31.4 Å². The van der Waals surface area contributed by atoms with Crippen molar-refractivity contribution in [2.75, 3.05) is 10.6 Å². The molecule has 2 heterocycles. The van der Waals surface area contributed by atoms with Crippen LogP contribution in [0, 0.1) is 0 Å². The van der Waals surface area contributed by atoms with Crippen molar-refractivity contribution in [3.8, 4) is 0 Å². The maximum atomic E-state index is 13.3. The average molecular weight is 436 g/mol. The van der Waals surface area contributed by atoms with E-state index in [1.54, 1.807) is 0 Å². The van der Waals surface area contributed by atoms with Crippen molar-refractivity contribution in [3.63, 3.8) is 0 Å². The van der Waals surface area contributed by atoms with Gasteiger partial charge in [-0.3, -0.25) is 0 Å². The molecule has 2 aromatic rings. The minimum atomic E-state index is -4.72. The summed E-state index contributed by atoms with van der Waals surface area (Å²) >= 11 is 0. The Morgan fingerprint density at radius 2 is 1.67 bits per heavy atom. The number of nitrogens with zero attached hydrogens (tertiary/aromatic N) is 4. The second kappa shape index (κ2) is 8.58. The molecule has 3 rings (SSSR count). The largest absolute Gasteiger partial charge is 0.433 e. The predicted molar refractivity (Wildman–Crippen MR) is 93.3 cm³/mol. The number of aliphatic hydroxyl groups is 1. The van der Waals surface area contributed by atoms with E-state index in [2.05, 4.69) is 30.6 Å². The van der Waals surface area contributed by atoms with Gasteiger partial charge in [0.2, 0.25) is 5.95 Å². The highest BCUT2D eigenvalue weighted by molar-refractivity contribution is 5.49. The molecular formula is C17H18F6N6O. The summed E-state index contributed by atoms with van der Waals surface area (Å²) in [5.74, 6) is -0.750. The summed E-state index contributed by atoms with van der Waals surface area (Å²) < 4.78 is 79.0. The maximum Gasteiger partial charge on any atom is 0.433 e. The van der Waals surface area contributed by atoms with Gasteiger partial charge in [0, 0.05) is 30.5 Å². The second-order valence-corrected chi connectivity index (χ2v) is 6.85. The zero-order valence-electron chi connectivity index (χ0n) is 15.4. The van der Waals surface area contributed by atoms with Crippen molar-refractivity contribution in [2.24, 2.45) is 0 Å². The molecule has 0 spiro atoms. The van der Waals surface area contributed by atoms with Gasteiger partial charge in [-0.1, -0.05) is 0 Å². The monoisotopic (exact) mass is 436 g/mol. The van der Waals surface area contributed by atoms with Crippen LogP contribution in [0.15, 0.2) is 18.7 Å². The molecule has 3 N–H and O–H groups in total. The first-order valence-corrected chi connectivity index (χ1v) is 9.03. The number of rotatable bonds is 5. The molecule has 2 aromatic heterocycles. The molecule has 0 radical (unpaired) electrons. The number of aromatic nitrogens is 4. The lowest BCUT2D eigenvalue weighted by Gasteiger charge is -2.27. The van der Waals surface area contributed by atoms with E-state index < -0.39 is 42.1 Å². The number of halogens is 6. The summed E-state index contributed by atoms with van der Waals surface area (Å²) in [5, 5.41) is 14.8. The van der Waals surface area contributed by atoms with Crippen LogP contribution in [0.5, 0.6) is 0 Å². The Morgan fingerprint density at radius 3 is 2.30 bits per heavy atom. The highest BCUT2D eigenvalue weighted by Crippen LogP contribution is 2.35. The van der Waals surface area contributed by atoms with E-state index in [0.29, 0.717) is 31.9 Å². The first-order valence-electron chi connectivity index (χ1n) is 9.03. The molecule has 0 aliphatic heterocycles. The SMILES string of the molecule is O[C@H]1CC[C@@H](Nc2nc(NCc3cncnc3C(F)(F)F)ncc2C(F)(F)F)CC1. The Balaban J connectivity index is 1.80. The van der Waals surface area contributed by atoms with E-state index in [4.69, 9.17) is 0 Å². The van der Waals surface area contributed by atoms with Gasteiger partial charge >= 0.3 is 12.4 Å². The van der Waals surface area contributed by atoms with E-state index in [9.17, 15) is 31.4 Å². The van der Waals surface area contributed by atoms with Crippen LogP contribution >= 0.6 is 0 Å². The molecule has 7 nitrogen and oxygen atoms in total. The molecule has 0 saturated heterocycles. The van der Waals surface area contributed by atoms with Crippen LogP contribution in [0.3, 0.4) is 0 Å². The summed E-state index contributed by atoms with van der Waals surface area (Å²) in [6, 6.07) is -0.323. The van der Waals surface area contributed by atoms with Crippen molar-refractivity contribution in [3.05, 3.63) is 35.5 Å². The van der Waals surface area contributed by atoms with E-state index in [-0.39, 0.29) is 17.6 Å². The predicted octanol–water partition coefficient (Wildman–Crippen LogP) is 3.63. The van der Waals surface area contributed by atoms with E-state index in [1.807, 2.05) is 0 Å². The standard InChI is InChI=1S/C17H18F6N6O/c18-16(19,20)12-7-26-15(29-14(12)28-10-1-3-11(30)4-2-10)25-6-9-5-24-8-27-13(9)17(21,22)23/h5,7-8,10-11,30H,1-4,6H2,(H2,25,26,28,29)/t10-,11+. The molecular weight excluding hydrogens is 418 g/mol. The molecule has 1 aliphatic carbocycles. The van der Waals surface area contributed by atoms with Crippen LogP contribution in [0.2, 0.25) is 0 Å². The number of alkyl halides is 6. The number of aliphatic hydroxyl groups excluding tert-OH is 1. The molecule has 1 fully saturated rings. The zero-order valence-corrected chi connectivity index (χ0v) is 15.4. The van der Waals surface area contributed by atoms with Gasteiger partial charge in [0.25, 0.3) is 0 Å². The third-order valence-electron chi connectivity index (χ3n) is 4.63. The van der Waals surface area contributed by atoms with E-state index >= 15 is 0 Å². The van der Waals surface area contributed by atoms with Crippen molar-refractivity contribution in [1.29, 1.82) is 0 Å². The fourth-order valence-corrected chi connectivity index (χ4v) is 3.12. The van der Waals surface area contributed by atoms with Gasteiger partial charge < -0.3 is 15.7 Å². The van der Waals surface area contributed by atoms with Gasteiger partial charge in [0.1, 0.15) is 17.7 Å². The molecule has 0 unspecified atom stereocenters. The third kappa shape index (κ3) is 5.46. The zero-order chi connectivity index (χ0) is 21.9. The minimum absolute atomic E-state index is 0.279. The fraction of sp³-hybridized carbons (Fsp3) is 0.529. The van der Waals surface area contributed by atoms with Crippen LogP contribution in [-0.4, -0.2) is 37.2 Å². The smallest absolute Gasteiger partial charge is 0.393 e. The Bertz CT molecular complexity index is 867. The first kappa shape index (κ1) is 22.0. The molecule has 0 amide bonds. The summed E-state index contributed by atoms with van der Waals surface area (Å²) in [5.41, 5.74) is -2.54. The molecule has 1 saturated carbocycles. The Labute approximate surface area is 167 Å². The molecule has 13 heteroatoms. The normalized spacial score (nSPS) is 20.1. The van der Waals surface area contributed by atoms with Gasteiger partial charge in [-0.05, 0) is 25.7 Å². The van der Waals surface area contributed by atoms with Gasteiger partial charge in [-0.15, -0.1) is 0 Å². The Hall–Kier alpha value is -2.70. The van der Waals surface area contributed by atoms with Crippen LogP contribution < -0.4 is 10.6 Å². The van der Waals surface area contributed by atoms with Crippen LogP contribution in [0.1, 0.15) is 42.5 Å². The number of anilines is 2. The molecule has 1 aliphatic rings. The minimum Gasteiger partial charge on any atom is -0.393 e. The maximum absolute atomic E-state index is 13.3. The van der Waals surface area contributed by atoms with Crippen molar-refractivity contribution >= 4 is 11.8 Å². The van der Waals surface area contributed by atoms with Crippen LogP contribution in [0.25, 0.3) is 0 Å². The van der Waals surface area contributed by atoms with Gasteiger partial charge in [0.15, 0.2) is 5.69 Å². The van der Waals surface area contributed by atoms with Crippen LogP contribution in [-0.2, 0) is 18.9 Å². The lowest BCUT2D eigenvalue weighted by atomic mass is 9.93. The number of nitrogens with one attached hydrogen (secondary N) is 2. The molecule has 0 aromatic carbocycles. The Kier molecular flexibility index (Phi) is 6.29. The van der Waals surface area contributed by atoms with Gasteiger partial charge in [0.05, 0.1) is 6.10 Å². The highest BCUT2D eigenvalue weighted by atomic mass is 19.4. The van der Waals surface area contributed by atoms with E-state index in [0.717, 1.165) is 12.5 Å². The van der Waals surface area contributed by atoms with E-state index in [1.165, 1.54) is 0 Å². The third-order valence-corrected chi connectivity index (χ3v) is 4.63. The molecule has 0 bridgehead atoms. The number of hydrogen-bond acceptors (Lipinski definition) is 7. The lowest BCUT2D eigenvalue weighted by molar-refractivity contribution is -0.142. The Morgan fingerprint density at radius 1 is 0.967 bits per heavy atom. The summed E-state index contributed by atoms with van der Waals surface area (Å²) in [6.45, 7) is -0.434. The van der Waals surface area contributed by atoms with Crippen LogP contribution in [0.4, 0.5) is 38.1 Å². The highest BCUT2D eigenvalue weighted by Gasteiger charge is 2.37. The number of hydrogen-bond donors (Lipinski definition) is 3. The summed E-state index contributed by atoms with van der Waals surface area (Å²) in [6.07, 6.45) is -5.81. The fourth-order valence-electron chi connectivity index (χ4n) is 3.12. The van der Waals surface area contributed by atoms with Crippen molar-refractivity contribution in [2.45, 2.75) is 56.7 Å². The van der Waals surface area contributed by atoms with Gasteiger partial charge in [-0.2, -0.15) is 31.3 Å². The quantitative estimate of drug-likeness (QED) is 0.616. The second-order valence-electron chi connectivity index (χ2n) is 6.85. The molecule has 0 atom stereocenters. The van der Waals surface area contributed by atoms with Crippen molar-refractivity contribution in [1.82, 2.24) is 19.9 Å². The molecule has 164 valence electrons. The summed E-state index contributed by atoms with van der Waals surface area (Å²) in [7, 11) is 0. The summed E-state index contributed by atoms with van der Waals surface area (Å²) in [4.78, 5) is 14.2. The lowest BCUT2D eigenvalue weighted by Crippen LogP contribution is -2.30. The average Bonchev–Trinajstić information content (AvgIpc) is 2.67. The topological polar surface area (TPSA) is 95.8 Å². The molecule has 30 heavy (non-hydrogen) atoms.